The Morgan fingerprint density at radius 3 is 2.71 bits per heavy atom. The van der Waals surface area contributed by atoms with Crippen LogP contribution in [0.5, 0.6) is 0 Å². The summed E-state index contributed by atoms with van der Waals surface area (Å²) >= 11 is 0. The summed E-state index contributed by atoms with van der Waals surface area (Å²) < 4.78 is 18.0. The van der Waals surface area contributed by atoms with E-state index in [0.717, 1.165) is 0 Å². The number of hydrogen-bond donors (Lipinski definition) is 1. The Hall–Kier alpha value is -2.28. The molecule has 6 nitrogen and oxygen atoms in total. The lowest BCUT2D eigenvalue weighted by atomic mass is 10.2. The molecule has 1 N–H and O–H groups in total. The highest BCUT2D eigenvalue weighted by Crippen LogP contribution is 2.16. The molecule has 0 spiro atoms. The smallest absolute Gasteiger partial charge is 0.304 e. The Bertz CT molecular complexity index is 598. The summed E-state index contributed by atoms with van der Waals surface area (Å²) in [6.45, 7) is 3.42. The summed E-state index contributed by atoms with van der Waals surface area (Å²) in [7, 11) is 0. The molecular formula is C14H16FN3O3. The van der Waals surface area contributed by atoms with Gasteiger partial charge in [0.25, 0.3) is 0 Å². The average molecular weight is 293 g/mol. The van der Waals surface area contributed by atoms with Crippen molar-refractivity contribution >= 4 is 5.97 Å². The van der Waals surface area contributed by atoms with Gasteiger partial charge in [-0.2, -0.15) is 4.98 Å². The molecule has 0 bridgehead atoms. The van der Waals surface area contributed by atoms with Crippen LogP contribution in [0.15, 0.2) is 28.8 Å². The van der Waals surface area contributed by atoms with Crippen molar-refractivity contribution in [1.82, 2.24) is 15.0 Å². The van der Waals surface area contributed by atoms with E-state index >= 15 is 0 Å². The van der Waals surface area contributed by atoms with E-state index < -0.39 is 5.97 Å². The lowest BCUT2D eigenvalue weighted by molar-refractivity contribution is -0.137. The molecule has 0 aliphatic heterocycles. The van der Waals surface area contributed by atoms with Gasteiger partial charge in [0.15, 0.2) is 0 Å². The quantitative estimate of drug-likeness (QED) is 0.842. The highest BCUT2D eigenvalue weighted by molar-refractivity contribution is 5.66. The van der Waals surface area contributed by atoms with Crippen molar-refractivity contribution in [3.63, 3.8) is 0 Å². The summed E-state index contributed by atoms with van der Waals surface area (Å²) in [6, 6.07) is 5.81. The largest absolute Gasteiger partial charge is 0.481 e. The fourth-order valence-electron chi connectivity index (χ4n) is 1.83. The predicted molar refractivity (Wildman–Crippen MR) is 72.9 cm³/mol. The van der Waals surface area contributed by atoms with Gasteiger partial charge < -0.3 is 9.63 Å². The first-order valence-corrected chi connectivity index (χ1v) is 6.61. The van der Waals surface area contributed by atoms with Gasteiger partial charge in [-0.1, -0.05) is 12.1 Å². The van der Waals surface area contributed by atoms with Gasteiger partial charge in [-0.05, 0) is 30.8 Å². The molecule has 7 heteroatoms. The Labute approximate surface area is 121 Å². The van der Waals surface area contributed by atoms with Crippen LogP contribution in [0, 0.1) is 5.82 Å². The number of aromatic nitrogens is 2. The Kier molecular flexibility index (Phi) is 4.99. The summed E-state index contributed by atoms with van der Waals surface area (Å²) in [5.74, 6) is -0.375. The average Bonchev–Trinajstić information content (AvgIpc) is 2.92. The van der Waals surface area contributed by atoms with Crippen molar-refractivity contribution in [2.24, 2.45) is 0 Å². The van der Waals surface area contributed by atoms with Crippen molar-refractivity contribution in [2.45, 2.75) is 19.9 Å². The monoisotopic (exact) mass is 293 g/mol. The van der Waals surface area contributed by atoms with E-state index in [-0.39, 0.29) is 12.2 Å². The van der Waals surface area contributed by atoms with Gasteiger partial charge in [0, 0.05) is 12.1 Å². The number of benzene rings is 1. The number of rotatable bonds is 7. The first-order chi connectivity index (χ1) is 10.1. The van der Waals surface area contributed by atoms with Crippen molar-refractivity contribution in [3.05, 3.63) is 36.0 Å². The lowest BCUT2D eigenvalue weighted by Crippen LogP contribution is -2.25. The summed E-state index contributed by atoms with van der Waals surface area (Å²) in [5, 5.41) is 12.5. The molecule has 21 heavy (non-hydrogen) atoms. The van der Waals surface area contributed by atoms with Gasteiger partial charge in [0.2, 0.25) is 11.7 Å². The van der Waals surface area contributed by atoms with E-state index in [4.69, 9.17) is 9.63 Å². The number of hydrogen-bond acceptors (Lipinski definition) is 5. The van der Waals surface area contributed by atoms with Gasteiger partial charge in [-0.3, -0.25) is 9.69 Å². The second kappa shape index (κ2) is 6.94. The van der Waals surface area contributed by atoms with E-state index in [1.165, 1.54) is 12.1 Å². The molecule has 0 atom stereocenters. The van der Waals surface area contributed by atoms with Crippen molar-refractivity contribution in [1.29, 1.82) is 0 Å². The fourth-order valence-corrected chi connectivity index (χ4v) is 1.83. The maximum atomic E-state index is 12.9. The molecular weight excluding hydrogens is 277 g/mol. The van der Waals surface area contributed by atoms with E-state index in [2.05, 4.69) is 10.1 Å². The van der Waals surface area contributed by atoms with Crippen LogP contribution in [0.4, 0.5) is 4.39 Å². The molecule has 1 aromatic heterocycles. The molecule has 112 valence electrons. The van der Waals surface area contributed by atoms with Gasteiger partial charge in [-0.25, -0.2) is 4.39 Å². The van der Waals surface area contributed by atoms with Crippen molar-refractivity contribution < 1.29 is 18.8 Å². The summed E-state index contributed by atoms with van der Waals surface area (Å²) in [6.07, 6.45) is 0.0623. The number of carboxylic acids is 1. The van der Waals surface area contributed by atoms with Crippen LogP contribution in [-0.2, 0) is 11.3 Å². The van der Waals surface area contributed by atoms with Gasteiger partial charge in [0.05, 0.1) is 13.0 Å². The van der Waals surface area contributed by atoms with Crippen LogP contribution in [0.25, 0.3) is 11.4 Å². The van der Waals surface area contributed by atoms with Crippen LogP contribution in [0.2, 0.25) is 0 Å². The number of carbonyl (C=O) groups is 1. The minimum atomic E-state index is -0.842. The molecule has 0 radical (unpaired) electrons. The lowest BCUT2D eigenvalue weighted by Gasteiger charge is -2.16. The Morgan fingerprint density at radius 2 is 2.10 bits per heavy atom. The second-order valence-electron chi connectivity index (χ2n) is 4.53. The van der Waals surface area contributed by atoms with Crippen molar-refractivity contribution in [2.75, 3.05) is 13.1 Å². The molecule has 2 rings (SSSR count). The maximum Gasteiger partial charge on any atom is 0.304 e. The number of aliphatic carboxylic acids is 1. The van der Waals surface area contributed by atoms with Gasteiger partial charge in [-0.15, -0.1) is 0 Å². The molecule has 0 saturated carbocycles. The summed E-state index contributed by atoms with van der Waals surface area (Å²) in [5.41, 5.74) is 0.667. The first-order valence-electron chi connectivity index (χ1n) is 6.61. The van der Waals surface area contributed by atoms with Gasteiger partial charge >= 0.3 is 5.97 Å². The zero-order valence-corrected chi connectivity index (χ0v) is 11.6. The van der Waals surface area contributed by atoms with E-state index in [9.17, 15) is 9.18 Å². The number of carboxylic acid groups (broad SMARTS) is 1. The minimum Gasteiger partial charge on any atom is -0.481 e. The normalized spacial score (nSPS) is 11.0. The number of nitrogens with zero attached hydrogens (tertiary/aromatic N) is 3. The van der Waals surface area contributed by atoms with E-state index in [1.807, 2.05) is 11.8 Å². The van der Waals surface area contributed by atoms with Crippen LogP contribution in [0.3, 0.4) is 0 Å². The SMILES string of the molecule is CCN(CCC(=O)O)Cc1nc(-c2ccc(F)cc2)no1. The predicted octanol–water partition coefficient (Wildman–Crippen LogP) is 2.17. The van der Waals surface area contributed by atoms with Crippen molar-refractivity contribution in [3.8, 4) is 11.4 Å². The van der Waals surface area contributed by atoms with E-state index in [0.29, 0.717) is 36.9 Å². The third kappa shape index (κ3) is 4.35. The highest BCUT2D eigenvalue weighted by Gasteiger charge is 2.13. The highest BCUT2D eigenvalue weighted by atomic mass is 19.1. The van der Waals surface area contributed by atoms with Gasteiger partial charge in [0.1, 0.15) is 5.82 Å². The van der Waals surface area contributed by atoms with Crippen LogP contribution >= 0.6 is 0 Å². The molecule has 1 heterocycles. The zero-order chi connectivity index (χ0) is 15.2. The van der Waals surface area contributed by atoms with Crippen LogP contribution in [0.1, 0.15) is 19.2 Å². The fraction of sp³-hybridized carbons (Fsp3) is 0.357. The third-order valence-electron chi connectivity index (χ3n) is 3.02. The third-order valence-corrected chi connectivity index (χ3v) is 3.02. The number of halogens is 1. The second-order valence-corrected chi connectivity index (χ2v) is 4.53. The van der Waals surface area contributed by atoms with Crippen LogP contribution in [-0.4, -0.2) is 39.2 Å². The zero-order valence-electron chi connectivity index (χ0n) is 11.6. The molecule has 0 saturated heterocycles. The Morgan fingerprint density at radius 1 is 1.38 bits per heavy atom. The van der Waals surface area contributed by atoms with E-state index in [1.54, 1.807) is 12.1 Å². The molecule has 0 unspecified atom stereocenters. The molecule has 0 aliphatic rings. The van der Waals surface area contributed by atoms with Crippen LogP contribution < -0.4 is 0 Å². The molecule has 0 amide bonds. The molecule has 0 fully saturated rings. The summed E-state index contributed by atoms with van der Waals surface area (Å²) in [4.78, 5) is 16.7. The maximum absolute atomic E-state index is 12.9. The topological polar surface area (TPSA) is 79.5 Å². The first kappa shape index (κ1) is 15.1. The minimum absolute atomic E-state index is 0.0623. The Balaban J connectivity index is 2.01. The molecule has 2 aromatic rings. The standard InChI is InChI=1S/C14H16FN3O3/c1-2-18(8-7-13(19)20)9-12-16-14(17-21-12)10-3-5-11(15)6-4-10/h3-6H,2,7-9H2,1H3,(H,19,20). The molecule has 0 aliphatic carbocycles. The molecule has 1 aromatic carbocycles.